The predicted molar refractivity (Wildman–Crippen MR) is 72.7 cm³/mol. The van der Waals surface area contributed by atoms with E-state index in [-0.39, 0.29) is 22.3 Å². The van der Waals surface area contributed by atoms with Gasteiger partial charge in [-0.25, -0.2) is 15.0 Å². The van der Waals surface area contributed by atoms with Crippen LogP contribution in [0.1, 0.15) is 10.5 Å². The van der Waals surface area contributed by atoms with Crippen molar-refractivity contribution in [1.82, 2.24) is 15.0 Å². The highest BCUT2D eigenvalue weighted by molar-refractivity contribution is 7.98. The Balaban J connectivity index is 2.28. The zero-order chi connectivity index (χ0) is 13.8. The van der Waals surface area contributed by atoms with Crippen molar-refractivity contribution < 1.29 is 9.90 Å². The van der Waals surface area contributed by atoms with Gasteiger partial charge in [-0.2, -0.15) is 0 Å². The Morgan fingerprint density at radius 2 is 2.26 bits per heavy atom. The van der Waals surface area contributed by atoms with E-state index in [0.717, 1.165) is 0 Å². The van der Waals surface area contributed by atoms with Gasteiger partial charge in [0.2, 0.25) is 0 Å². The van der Waals surface area contributed by atoms with E-state index in [9.17, 15) is 9.90 Å². The van der Waals surface area contributed by atoms with Crippen LogP contribution in [0.15, 0.2) is 29.7 Å². The van der Waals surface area contributed by atoms with E-state index in [1.807, 2.05) is 0 Å². The molecule has 0 aliphatic rings. The molecule has 0 aliphatic carbocycles. The largest absolute Gasteiger partial charge is 0.504 e. The number of amides is 1. The molecule has 1 amide bonds. The number of rotatable bonds is 3. The summed E-state index contributed by atoms with van der Waals surface area (Å²) in [6.45, 7) is 0. The van der Waals surface area contributed by atoms with Crippen molar-refractivity contribution in [3.05, 3.63) is 35.2 Å². The minimum atomic E-state index is -0.559. The minimum absolute atomic E-state index is 0.0334. The van der Waals surface area contributed by atoms with Gasteiger partial charge in [0, 0.05) is 6.20 Å². The number of pyridine rings is 1. The molecule has 2 aromatic rings. The maximum atomic E-state index is 12.0. The fourth-order valence-corrected chi connectivity index (χ4v) is 1.79. The quantitative estimate of drug-likeness (QED) is 0.667. The fraction of sp³-hybridized carbons (Fsp3) is 0.0909. The molecule has 19 heavy (non-hydrogen) atoms. The molecule has 0 aliphatic heterocycles. The summed E-state index contributed by atoms with van der Waals surface area (Å²) in [7, 11) is 0. The normalized spacial score (nSPS) is 10.2. The van der Waals surface area contributed by atoms with Gasteiger partial charge in [0.15, 0.2) is 22.4 Å². The van der Waals surface area contributed by atoms with Gasteiger partial charge < -0.3 is 10.4 Å². The molecule has 0 saturated heterocycles. The SMILES string of the molecule is CSc1ncc(Cl)c(C(=O)Nc2ncccc2O)n1. The van der Waals surface area contributed by atoms with Crippen LogP contribution in [-0.4, -0.2) is 32.2 Å². The zero-order valence-corrected chi connectivity index (χ0v) is 11.4. The lowest BCUT2D eigenvalue weighted by molar-refractivity contribution is 0.102. The summed E-state index contributed by atoms with van der Waals surface area (Å²) in [5, 5.41) is 12.5. The fourth-order valence-electron chi connectivity index (χ4n) is 1.27. The third-order valence-electron chi connectivity index (χ3n) is 2.14. The molecule has 6 nitrogen and oxygen atoms in total. The molecule has 0 unspecified atom stereocenters. The third-order valence-corrected chi connectivity index (χ3v) is 2.98. The van der Waals surface area contributed by atoms with Crippen LogP contribution in [0.5, 0.6) is 5.75 Å². The first-order valence-electron chi connectivity index (χ1n) is 5.13. The van der Waals surface area contributed by atoms with Crippen molar-refractivity contribution in [2.75, 3.05) is 11.6 Å². The Morgan fingerprint density at radius 1 is 1.47 bits per heavy atom. The number of hydrogen-bond acceptors (Lipinski definition) is 6. The van der Waals surface area contributed by atoms with E-state index in [1.165, 1.54) is 30.2 Å². The molecular formula is C11H9ClN4O2S. The van der Waals surface area contributed by atoms with Crippen molar-refractivity contribution in [1.29, 1.82) is 0 Å². The number of nitrogens with one attached hydrogen (secondary N) is 1. The summed E-state index contributed by atoms with van der Waals surface area (Å²) in [5.74, 6) is -0.643. The molecule has 0 radical (unpaired) electrons. The highest BCUT2D eigenvalue weighted by atomic mass is 35.5. The molecule has 2 heterocycles. The maximum absolute atomic E-state index is 12.0. The number of anilines is 1. The molecule has 2 rings (SSSR count). The Kier molecular flexibility index (Phi) is 4.18. The summed E-state index contributed by atoms with van der Waals surface area (Å²) in [6.07, 6.45) is 4.59. The van der Waals surface area contributed by atoms with Gasteiger partial charge in [-0.15, -0.1) is 0 Å². The number of thioether (sulfide) groups is 1. The maximum Gasteiger partial charge on any atom is 0.277 e. The number of hydrogen-bond donors (Lipinski definition) is 2. The molecule has 0 spiro atoms. The summed E-state index contributed by atoms with van der Waals surface area (Å²) in [4.78, 5) is 23.8. The van der Waals surface area contributed by atoms with Crippen LogP contribution in [0.25, 0.3) is 0 Å². The van der Waals surface area contributed by atoms with Crippen LogP contribution in [0.4, 0.5) is 5.82 Å². The number of carbonyl (C=O) groups excluding carboxylic acids is 1. The van der Waals surface area contributed by atoms with Crippen LogP contribution in [0, 0.1) is 0 Å². The number of halogens is 1. The Labute approximate surface area is 118 Å². The molecule has 0 aromatic carbocycles. The second-order valence-electron chi connectivity index (χ2n) is 3.38. The second kappa shape index (κ2) is 5.85. The minimum Gasteiger partial charge on any atom is -0.504 e. The van der Waals surface area contributed by atoms with Gasteiger partial charge in [0.1, 0.15) is 0 Å². The summed E-state index contributed by atoms with van der Waals surface area (Å²) < 4.78 is 0. The van der Waals surface area contributed by atoms with Gasteiger partial charge in [-0.1, -0.05) is 23.4 Å². The first-order chi connectivity index (χ1) is 9.11. The molecule has 98 valence electrons. The summed E-state index contributed by atoms with van der Waals surface area (Å²) in [5.41, 5.74) is 0.0334. The van der Waals surface area contributed by atoms with Crippen molar-refractivity contribution in [2.24, 2.45) is 0 Å². The number of aromatic nitrogens is 3. The van der Waals surface area contributed by atoms with Crippen LogP contribution >= 0.6 is 23.4 Å². The number of aromatic hydroxyl groups is 1. The monoisotopic (exact) mass is 296 g/mol. The van der Waals surface area contributed by atoms with E-state index in [0.29, 0.717) is 5.16 Å². The average Bonchev–Trinajstić information content (AvgIpc) is 2.42. The number of carbonyl (C=O) groups is 1. The Morgan fingerprint density at radius 3 is 2.95 bits per heavy atom. The smallest absolute Gasteiger partial charge is 0.277 e. The van der Waals surface area contributed by atoms with E-state index in [2.05, 4.69) is 20.3 Å². The number of nitrogens with zero attached hydrogens (tertiary/aromatic N) is 3. The van der Waals surface area contributed by atoms with E-state index in [1.54, 1.807) is 12.3 Å². The lowest BCUT2D eigenvalue weighted by Gasteiger charge is -2.07. The summed E-state index contributed by atoms with van der Waals surface area (Å²) >= 11 is 7.17. The van der Waals surface area contributed by atoms with Gasteiger partial charge >= 0.3 is 0 Å². The average molecular weight is 297 g/mol. The van der Waals surface area contributed by atoms with Gasteiger partial charge in [0.05, 0.1) is 11.2 Å². The van der Waals surface area contributed by atoms with Crippen LogP contribution in [-0.2, 0) is 0 Å². The molecule has 8 heteroatoms. The lowest BCUT2D eigenvalue weighted by atomic mass is 10.3. The third kappa shape index (κ3) is 3.12. The highest BCUT2D eigenvalue weighted by Crippen LogP contribution is 2.21. The Bertz CT molecular complexity index is 623. The molecule has 0 saturated carbocycles. The first-order valence-corrected chi connectivity index (χ1v) is 6.74. The standard InChI is InChI=1S/C11H9ClN4O2S/c1-19-11-14-5-6(12)8(15-11)10(18)16-9-7(17)3-2-4-13-9/h2-5,17H,1H3,(H,13,16,18). The van der Waals surface area contributed by atoms with Crippen molar-refractivity contribution in [2.45, 2.75) is 5.16 Å². The highest BCUT2D eigenvalue weighted by Gasteiger charge is 2.16. The second-order valence-corrected chi connectivity index (χ2v) is 4.56. The van der Waals surface area contributed by atoms with E-state index < -0.39 is 5.91 Å². The van der Waals surface area contributed by atoms with Crippen molar-refractivity contribution in [3.8, 4) is 5.75 Å². The molecule has 2 N–H and O–H groups in total. The van der Waals surface area contributed by atoms with E-state index in [4.69, 9.17) is 11.6 Å². The molecular weight excluding hydrogens is 288 g/mol. The zero-order valence-electron chi connectivity index (χ0n) is 9.79. The van der Waals surface area contributed by atoms with Crippen LogP contribution in [0.3, 0.4) is 0 Å². The van der Waals surface area contributed by atoms with Gasteiger partial charge in [-0.3, -0.25) is 4.79 Å². The van der Waals surface area contributed by atoms with Crippen LogP contribution < -0.4 is 5.32 Å². The summed E-state index contributed by atoms with van der Waals surface area (Å²) in [6, 6.07) is 2.96. The molecule has 0 atom stereocenters. The predicted octanol–water partition coefficient (Wildman–Crippen LogP) is 2.20. The lowest BCUT2D eigenvalue weighted by Crippen LogP contribution is -2.16. The molecule has 2 aromatic heterocycles. The topological polar surface area (TPSA) is 88.0 Å². The molecule has 0 fully saturated rings. The van der Waals surface area contributed by atoms with Gasteiger partial charge in [-0.05, 0) is 18.4 Å². The molecule has 0 bridgehead atoms. The van der Waals surface area contributed by atoms with Crippen molar-refractivity contribution >= 4 is 35.1 Å². The first kappa shape index (κ1) is 13.6. The van der Waals surface area contributed by atoms with Gasteiger partial charge in [0.25, 0.3) is 5.91 Å². The van der Waals surface area contributed by atoms with Crippen LogP contribution in [0.2, 0.25) is 5.02 Å². The van der Waals surface area contributed by atoms with Crippen molar-refractivity contribution in [3.63, 3.8) is 0 Å². The Hall–Kier alpha value is -1.86. The van der Waals surface area contributed by atoms with E-state index >= 15 is 0 Å².